The van der Waals surface area contributed by atoms with Gasteiger partial charge in [0, 0.05) is 4.88 Å². The topological polar surface area (TPSA) is 66.8 Å². The molecule has 0 spiro atoms. The van der Waals surface area contributed by atoms with Gasteiger partial charge in [-0.2, -0.15) is 0 Å². The standard InChI is InChI=1S/C11H16O4S/c1-4-7-5-8(9(16-7)10(12)13)15-6-11(2,3)14/h5,14H,4,6H2,1-3H3,(H,12,13). The Balaban J connectivity index is 2.85. The SMILES string of the molecule is CCc1cc(OCC(C)(C)O)c(C(=O)O)s1. The van der Waals surface area contributed by atoms with Crippen LogP contribution in [-0.4, -0.2) is 28.4 Å². The van der Waals surface area contributed by atoms with Crippen LogP contribution in [0.5, 0.6) is 5.75 Å². The third-order valence-electron chi connectivity index (χ3n) is 1.87. The van der Waals surface area contributed by atoms with Crippen LogP contribution in [0.15, 0.2) is 6.07 Å². The zero-order valence-electron chi connectivity index (χ0n) is 9.61. The molecule has 0 atom stereocenters. The van der Waals surface area contributed by atoms with E-state index in [1.807, 2.05) is 6.92 Å². The molecule has 0 aromatic carbocycles. The number of carboxylic acid groups (broad SMARTS) is 1. The van der Waals surface area contributed by atoms with Gasteiger partial charge in [0.25, 0.3) is 0 Å². The third kappa shape index (κ3) is 3.50. The minimum Gasteiger partial charge on any atom is -0.489 e. The molecule has 0 aliphatic carbocycles. The van der Waals surface area contributed by atoms with Crippen LogP contribution in [0.25, 0.3) is 0 Å². The number of hydrogen-bond donors (Lipinski definition) is 2. The quantitative estimate of drug-likeness (QED) is 0.833. The molecule has 16 heavy (non-hydrogen) atoms. The van der Waals surface area contributed by atoms with Crippen LogP contribution in [0.2, 0.25) is 0 Å². The van der Waals surface area contributed by atoms with E-state index in [1.54, 1.807) is 19.9 Å². The summed E-state index contributed by atoms with van der Waals surface area (Å²) in [5.74, 6) is -0.646. The van der Waals surface area contributed by atoms with Gasteiger partial charge in [-0.05, 0) is 26.3 Å². The summed E-state index contributed by atoms with van der Waals surface area (Å²) in [6.45, 7) is 5.26. The number of hydrogen-bond acceptors (Lipinski definition) is 4. The summed E-state index contributed by atoms with van der Waals surface area (Å²) in [4.78, 5) is 12.1. The highest BCUT2D eigenvalue weighted by Gasteiger charge is 2.19. The number of aromatic carboxylic acids is 1. The number of carboxylic acids is 1. The van der Waals surface area contributed by atoms with Crippen molar-refractivity contribution in [2.24, 2.45) is 0 Å². The molecule has 0 fully saturated rings. The fourth-order valence-electron chi connectivity index (χ4n) is 1.11. The predicted octanol–water partition coefficient (Wildman–Crippen LogP) is 2.16. The van der Waals surface area contributed by atoms with Gasteiger partial charge in [-0.1, -0.05) is 6.92 Å². The molecule has 0 aliphatic heterocycles. The van der Waals surface area contributed by atoms with Gasteiger partial charge in [0.2, 0.25) is 0 Å². The van der Waals surface area contributed by atoms with E-state index in [4.69, 9.17) is 9.84 Å². The zero-order valence-corrected chi connectivity index (χ0v) is 10.4. The molecule has 2 N–H and O–H groups in total. The maximum Gasteiger partial charge on any atom is 0.349 e. The number of ether oxygens (including phenoxy) is 1. The summed E-state index contributed by atoms with van der Waals surface area (Å²) < 4.78 is 5.32. The monoisotopic (exact) mass is 244 g/mol. The highest BCUT2D eigenvalue weighted by molar-refractivity contribution is 7.14. The lowest BCUT2D eigenvalue weighted by Crippen LogP contribution is -2.28. The molecule has 0 radical (unpaired) electrons. The summed E-state index contributed by atoms with van der Waals surface area (Å²) >= 11 is 1.21. The number of carbonyl (C=O) groups is 1. The molecule has 1 rings (SSSR count). The van der Waals surface area contributed by atoms with Crippen molar-refractivity contribution in [3.63, 3.8) is 0 Å². The summed E-state index contributed by atoms with van der Waals surface area (Å²) in [5, 5.41) is 18.5. The molecule has 0 saturated carbocycles. The maximum atomic E-state index is 10.9. The normalized spacial score (nSPS) is 11.5. The first kappa shape index (κ1) is 13.0. The van der Waals surface area contributed by atoms with Crippen LogP contribution in [-0.2, 0) is 6.42 Å². The average Bonchev–Trinajstić information content (AvgIpc) is 2.56. The number of thiophene rings is 1. The van der Waals surface area contributed by atoms with Crippen molar-refractivity contribution in [1.82, 2.24) is 0 Å². The van der Waals surface area contributed by atoms with E-state index in [9.17, 15) is 9.90 Å². The average molecular weight is 244 g/mol. The van der Waals surface area contributed by atoms with Crippen LogP contribution in [0.3, 0.4) is 0 Å². The van der Waals surface area contributed by atoms with Crippen LogP contribution in [0.1, 0.15) is 35.3 Å². The minimum absolute atomic E-state index is 0.0766. The van der Waals surface area contributed by atoms with Crippen molar-refractivity contribution < 1.29 is 19.7 Å². The molecule has 4 nitrogen and oxygen atoms in total. The van der Waals surface area contributed by atoms with Gasteiger partial charge in [0.1, 0.15) is 12.4 Å². The Morgan fingerprint density at radius 3 is 2.62 bits per heavy atom. The predicted molar refractivity (Wildman–Crippen MR) is 62.4 cm³/mol. The number of aliphatic hydroxyl groups is 1. The molecule has 90 valence electrons. The van der Waals surface area contributed by atoms with Gasteiger partial charge in [0.15, 0.2) is 4.88 Å². The first-order valence-electron chi connectivity index (χ1n) is 5.04. The van der Waals surface area contributed by atoms with Crippen LogP contribution in [0, 0.1) is 0 Å². The highest BCUT2D eigenvalue weighted by atomic mass is 32.1. The zero-order chi connectivity index (χ0) is 12.3. The molecule has 1 aromatic heterocycles. The maximum absolute atomic E-state index is 10.9. The first-order chi connectivity index (χ1) is 7.33. The van der Waals surface area contributed by atoms with Gasteiger partial charge in [-0.3, -0.25) is 0 Å². The first-order valence-corrected chi connectivity index (χ1v) is 5.86. The lowest BCUT2D eigenvalue weighted by atomic mass is 10.2. The summed E-state index contributed by atoms with van der Waals surface area (Å²) in [6.07, 6.45) is 0.775. The fourth-order valence-corrected chi connectivity index (χ4v) is 1.99. The second-order valence-corrected chi connectivity index (χ2v) is 5.30. The highest BCUT2D eigenvalue weighted by Crippen LogP contribution is 2.30. The third-order valence-corrected chi connectivity index (χ3v) is 3.12. The van der Waals surface area contributed by atoms with E-state index in [1.165, 1.54) is 11.3 Å². The van der Waals surface area contributed by atoms with Crippen LogP contribution in [0.4, 0.5) is 0 Å². The lowest BCUT2D eigenvalue weighted by Gasteiger charge is -2.17. The summed E-state index contributed by atoms with van der Waals surface area (Å²) in [6, 6.07) is 1.72. The van der Waals surface area contributed by atoms with Gasteiger partial charge in [0.05, 0.1) is 5.60 Å². The van der Waals surface area contributed by atoms with Crippen molar-refractivity contribution in [3.8, 4) is 5.75 Å². The Morgan fingerprint density at radius 2 is 2.19 bits per heavy atom. The minimum atomic E-state index is -0.990. The molecule has 5 heteroatoms. The van der Waals surface area contributed by atoms with E-state index in [-0.39, 0.29) is 11.5 Å². The van der Waals surface area contributed by atoms with Crippen LogP contribution >= 0.6 is 11.3 Å². The Labute approximate surface area is 98.5 Å². The Morgan fingerprint density at radius 1 is 1.56 bits per heavy atom. The second-order valence-electron chi connectivity index (χ2n) is 4.17. The molecular weight excluding hydrogens is 228 g/mol. The number of aryl methyl sites for hydroxylation is 1. The molecule has 0 unspecified atom stereocenters. The van der Waals surface area contributed by atoms with E-state index in [2.05, 4.69) is 0 Å². The summed E-state index contributed by atoms with van der Waals surface area (Å²) in [7, 11) is 0. The van der Waals surface area contributed by atoms with Crippen molar-refractivity contribution in [3.05, 3.63) is 15.8 Å². The Kier molecular flexibility index (Phi) is 3.93. The van der Waals surface area contributed by atoms with E-state index < -0.39 is 11.6 Å². The molecule has 0 amide bonds. The van der Waals surface area contributed by atoms with Gasteiger partial charge in [-0.25, -0.2) is 4.79 Å². The Bertz CT molecular complexity index is 376. The molecule has 0 saturated heterocycles. The van der Waals surface area contributed by atoms with Crippen molar-refractivity contribution in [2.45, 2.75) is 32.8 Å². The molecule has 0 bridgehead atoms. The van der Waals surface area contributed by atoms with Crippen molar-refractivity contribution in [1.29, 1.82) is 0 Å². The molecule has 1 aromatic rings. The smallest absolute Gasteiger partial charge is 0.349 e. The Hall–Kier alpha value is -1.07. The lowest BCUT2D eigenvalue weighted by molar-refractivity contribution is 0.0278. The van der Waals surface area contributed by atoms with Gasteiger partial charge >= 0.3 is 5.97 Å². The van der Waals surface area contributed by atoms with E-state index in [0.717, 1.165) is 11.3 Å². The summed E-state index contributed by atoms with van der Waals surface area (Å²) in [5.41, 5.74) is -0.968. The molecule has 0 aliphatic rings. The van der Waals surface area contributed by atoms with E-state index >= 15 is 0 Å². The number of rotatable bonds is 5. The van der Waals surface area contributed by atoms with Crippen molar-refractivity contribution >= 4 is 17.3 Å². The second kappa shape index (κ2) is 4.84. The van der Waals surface area contributed by atoms with Crippen LogP contribution < -0.4 is 4.74 Å². The van der Waals surface area contributed by atoms with E-state index in [0.29, 0.717) is 5.75 Å². The van der Waals surface area contributed by atoms with Crippen molar-refractivity contribution in [2.75, 3.05) is 6.61 Å². The fraction of sp³-hybridized carbons (Fsp3) is 0.545. The largest absolute Gasteiger partial charge is 0.489 e. The van der Waals surface area contributed by atoms with Gasteiger partial charge < -0.3 is 14.9 Å². The molecule has 1 heterocycles. The van der Waals surface area contributed by atoms with Gasteiger partial charge in [-0.15, -0.1) is 11.3 Å². The molecular formula is C11H16O4S.